The van der Waals surface area contributed by atoms with Crippen LogP contribution in [0.1, 0.15) is 44.1 Å². The van der Waals surface area contributed by atoms with E-state index in [2.05, 4.69) is 5.10 Å². The summed E-state index contributed by atoms with van der Waals surface area (Å²) in [6.45, 7) is 5.37. The molecule has 170 valence electrons. The molecule has 0 radical (unpaired) electrons. The number of carbonyl (C=O) groups is 2. The smallest absolute Gasteiger partial charge is 0.305 e. The number of rotatable bonds is 7. The first-order chi connectivity index (χ1) is 15.0. The Balaban J connectivity index is 1.97. The van der Waals surface area contributed by atoms with Gasteiger partial charge in [0, 0.05) is 28.8 Å². The molecule has 1 aliphatic heterocycles. The second-order valence-corrected chi connectivity index (χ2v) is 10.6. The van der Waals surface area contributed by atoms with Crippen LogP contribution in [-0.2, 0) is 28.6 Å². The number of hydrogen-bond donors (Lipinski definition) is 1. The van der Waals surface area contributed by atoms with Crippen molar-refractivity contribution in [2.24, 2.45) is 5.41 Å². The molecular formula is C22H24ClN3O5S. The first kappa shape index (κ1) is 23.9. The van der Waals surface area contributed by atoms with Gasteiger partial charge in [-0.25, -0.2) is 8.89 Å². The number of carboxylic acid groups (broad SMARTS) is 1. The molecule has 0 aliphatic carbocycles. The summed E-state index contributed by atoms with van der Waals surface area (Å²) < 4.78 is 15.1. The van der Waals surface area contributed by atoms with E-state index in [4.69, 9.17) is 16.7 Å². The average Bonchev–Trinajstić information content (AvgIpc) is 3.28. The maximum atomic E-state index is 13.0. The lowest BCUT2D eigenvalue weighted by molar-refractivity contribution is -0.137. The summed E-state index contributed by atoms with van der Waals surface area (Å²) in [6.07, 6.45) is 5.44. The normalized spacial score (nSPS) is 16.1. The molecule has 0 bridgehead atoms. The number of carboxylic acids is 1. The Kier molecular flexibility index (Phi) is 7.00. The standard InChI is InChI=1S/C22H24ClN3O5S/c1-22(2,3)21(30)26-14(6-7-15-8-9-18(23)32(15)31)13-17(24-26)16-5-4-11-25(20(16)29)12-10-19(27)28/h4-5,8-9,11,13H,6-7,10,12H2,1-3H3,(H,27,28). The summed E-state index contributed by atoms with van der Waals surface area (Å²) in [6, 6.07) is 4.91. The van der Waals surface area contributed by atoms with Crippen molar-refractivity contribution in [3.05, 3.63) is 61.9 Å². The number of allylic oxidation sites excluding steroid dienone is 3. The summed E-state index contributed by atoms with van der Waals surface area (Å²) >= 11 is 5.91. The number of aliphatic carboxylic acids is 1. The molecule has 0 amide bonds. The summed E-state index contributed by atoms with van der Waals surface area (Å²) in [7, 11) is -1.38. The third-order valence-electron chi connectivity index (χ3n) is 4.92. The van der Waals surface area contributed by atoms with Crippen molar-refractivity contribution in [1.82, 2.24) is 14.3 Å². The molecule has 3 rings (SSSR count). The SMILES string of the molecule is CC(C)(C)C(=O)n1nc(-c2cccn(CCC(=O)O)c2=O)cc1CCC1=CC=C(Cl)S1=O. The number of pyridine rings is 1. The number of aryl methyl sites for hydroxylation is 2. The summed E-state index contributed by atoms with van der Waals surface area (Å²) in [5.41, 5.74) is 0.0827. The van der Waals surface area contributed by atoms with Gasteiger partial charge >= 0.3 is 5.97 Å². The number of aromatic nitrogens is 3. The molecule has 1 atom stereocenters. The first-order valence-corrected chi connectivity index (χ1v) is 11.6. The van der Waals surface area contributed by atoms with E-state index in [1.54, 1.807) is 51.1 Å². The van der Waals surface area contributed by atoms with E-state index in [1.807, 2.05) is 0 Å². The highest BCUT2D eigenvalue weighted by Crippen LogP contribution is 2.28. The van der Waals surface area contributed by atoms with Crippen LogP contribution in [0, 0.1) is 5.41 Å². The second-order valence-electron chi connectivity index (χ2n) is 8.42. The van der Waals surface area contributed by atoms with Gasteiger partial charge in [0.25, 0.3) is 11.5 Å². The molecule has 1 aliphatic rings. The van der Waals surface area contributed by atoms with Crippen molar-refractivity contribution >= 4 is 34.3 Å². The van der Waals surface area contributed by atoms with Crippen LogP contribution in [0.15, 0.2) is 50.6 Å². The topological polar surface area (TPSA) is 111 Å². The van der Waals surface area contributed by atoms with E-state index in [1.165, 1.54) is 15.4 Å². The highest BCUT2D eigenvalue weighted by atomic mass is 35.5. The molecule has 1 unspecified atom stereocenters. The lowest BCUT2D eigenvalue weighted by Crippen LogP contribution is -2.29. The fraction of sp³-hybridized carbons (Fsp3) is 0.364. The van der Waals surface area contributed by atoms with Gasteiger partial charge in [-0.3, -0.25) is 14.4 Å². The van der Waals surface area contributed by atoms with Crippen molar-refractivity contribution in [1.29, 1.82) is 0 Å². The van der Waals surface area contributed by atoms with Crippen LogP contribution in [-0.4, -0.2) is 35.5 Å². The Bertz CT molecular complexity index is 1220. The predicted molar refractivity (Wildman–Crippen MR) is 123 cm³/mol. The lowest BCUT2D eigenvalue weighted by atomic mass is 9.95. The van der Waals surface area contributed by atoms with Crippen molar-refractivity contribution in [2.75, 3.05) is 0 Å². The van der Waals surface area contributed by atoms with Crippen molar-refractivity contribution in [3.8, 4) is 11.3 Å². The molecule has 0 saturated heterocycles. The van der Waals surface area contributed by atoms with Crippen LogP contribution < -0.4 is 5.56 Å². The van der Waals surface area contributed by atoms with Gasteiger partial charge in [0.05, 0.1) is 28.5 Å². The van der Waals surface area contributed by atoms with Crippen LogP contribution in [0.2, 0.25) is 0 Å². The largest absolute Gasteiger partial charge is 0.481 e. The molecule has 2 aromatic heterocycles. The van der Waals surface area contributed by atoms with Gasteiger partial charge in [0.1, 0.15) is 4.36 Å². The highest BCUT2D eigenvalue weighted by Gasteiger charge is 2.28. The Hall–Kier alpha value is -2.78. The van der Waals surface area contributed by atoms with Gasteiger partial charge in [-0.1, -0.05) is 32.4 Å². The molecular weight excluding hydrogens is 454 g/mol. The average molecular weight is 478 g/mol. The maximum Gasteiger partial charge on any atom is 0.305 e. The van der Waals surface area contributed by atoms with Crippen molar-refractivity contribution in [2.45, 2.75) is 46.6 Å². The molecule has 0 aromatic carbocycles. The van der Waals surface area contributed by atoms with E-state index in [0.29, 0.717) is 29.1 Å². The van der Waals surface area contributed by atoms with E-state index >= 15 is 0 Å². The van der Waals surface area contributed by atoms with Gasteiger partial charge in [0.15, 0.2) is 0 Å². The maximum absolute atomic E-state index is 13.0. The molecule has 3 heterocycles. The van der Waals surface area contributed by atoms with Crippen LogP contribution >= 0.6 is 11.6 Å². The van der Waals surface area contributed by atoms with Crippen LogP contribution in [0.25, 0.3) is 11.3 Å². The van der Waals surface area contributed by atoms with E-state index < -0.39 is 22.2 Å². The van der Waals surface area contributed by atoms with E-state index in [9.17, 15) is 18.6 Å². The Morgan fingerprint density at radius 3 is 2.53 bits per heavy atom. The van der Waals surface area contributed by atoms with Gasteiger partial charge in [0.2, 0.25) is 0 Å². The lowest BCUT2D eigenvalue weighted by Gasteiger charge is -2.18. The van der Waals surface area contributed by atoms with E-state index in [0.717, 1.165) is 0 Å². The molecule has 8 nitrogen and oxygen atoms in total. The summed E-state index contributed by atoms with van der Waals surface area (Å²) in [5.74, 6) is -1.24. The minimum Gasteiger partial charge on any atom is -0.481 e. The van der Waals surface area contributed by atoms with E-state index in [-0.39, 0.29) is 34.4 Å². The molecule has 1 N–H and O–H groups in total. The summed E-state index contributed by atoms with van der Waals surface area (Å²) in [5, 5.41) is 13.3. The van der Waals surface area contributed by atoms with Crippen LogP contribution in [0.4, 0.5) is 0 Å². The third kappa shape index (κ3) is 5.16. The number of nitrogens with zero attached hydrogens (tertiary/aromatic N) is 3. The Morgan fingerprint density at radius 1 is 1.22 bits per heavy atom. The zero-order chi connectivity index (χ0) is 23.6. The molecule has 32 heavy (non-hydrogen) atoms. The Labute approximate surface area is 192 Å². The number of halogens is 1. The highest BCUT2D eigenvalue weighted by molar-refractivity contribution is 7.94. The number of carbonyl (C=O) groups excluding carboxylic acids is 1. The van der Waals surface area contributed by atoms with Gasteiger partial charge in [-0.05, 0) is 43.2 Å². The van der Waals surface area contributed by atoms with Crippen LogP contribution in [0.5, 0.6) is 0 Å². The fourth-order valence-electron chi connectivity index (χ4n) is 3.18. The Morgan fingerprint density at radius 2 is 1.94 bits per heavy atom. The second kappa shape index (κ2) is 9.38. The van der Waals surface area contributed by atoms with Crippen LogP contribution in [0.3, 0.4) is 0 Å². The molecule has 10 heteroatoms. The molecule has 0 spiro atoms. The van der Waals surface area contributed by atoms with Crippen molar-refractivity contribution < 1.29 is 18.9 Å². The fourth-order valence-corrected chi connectivity index (χ4v) is 4.46. The summed E-state index contributed by atoms with van der Waals surface area (Å²) in [4.78, 5) is 37.4. The third-order valence-corrected chi connectivity index (χ3v) is 6.78. The minimum absolute atomic E-state index is 0.0320. The predicted octanol–water partition coefficient (Wildman–Crippen LogP) is 3.53. The van der Waals surface area contributed by atoms with Gasteiger partial charge in [-0.2, -0.15) is 5.10 Å². The quantitative estimate of drug-likeness (QED) is 0.653. The molecule has 0 saturated carbocycles. The molecule has 0 fully saturated rings. The monoisotopic (exact) mass is 477 g/mol. The number of hydrogen-bond acceptors (Lipinski definition) is 5. The van der Waals surface area contributed by atoms with Gasteiger partial charge < -0.3 is 9.67 Å². The first-order valence-electron chi connectivity index (χ1n) is 10.0. The molecule has 2 aromatic rings. The minimum atomic E-state index is -1.38. The zero-order valence-corrected chi connectivity index (χ0v) is 19.6. The van der Waals surface area contributed by atoms with Crippen molar-refractivity contribution in [3.63, 3.8) is 0 Å². The zero-order valence-electron chi connectivity index (χ0n) is 18.0. The van der Waals surface area contributed by atoms with Gasteiger partial charge in [-0.15, -0.1) is 0 Å².